The monoisotopic (exact) mass is 285 g/mol. The zero-order valence-corrected chi connectivity index (χ0v) is 10.5. The molecule has 5 heteroatoms. The van der Waals surface area contributed by atoms with E-state index in [0.717, 1.165) is 29.3 Å². The highest BCUT2D eigenvalue weighted by Gasteiger charge is 2.23. The number of ether oxygens (including phenoxy) is 2. The highest BCUT2D eigenvalue weighted by Crippen LogP contribution is 2.42. The number of hydrogen-bond acceptors (Lipinski definition) is 4. The van der Waals surface area contributed by atoms with Gasteiger partial charge in [0.25, 0.3) is 0 Å². The van der Waals surface area contributed by atoms with Crippen LogP contribution in [0.25, 0.3) is 0 Å². The molecule has 0 saturated heterocycles. The Hall–Kier alpha value is -1.07. The summed E-state index contributed by atoms with van der Waals surface area (Å²) in [5.74, 6) is 1.25. The molecule has 2 rings (SSSR count). The normalized spacial score (nSPS) is 12.9. The molecule has 16 heavy (non-hydrogen) atoms. The summed E-state index contributed by atoms with van der Waals surface area (Å²) >= 11 is 3.37. The van der Waals surface area contributed by atoms with Gasteiger partial charge in [-0.05, 0) is 42.0 Å². The molecule has 1 aromatic carbocycles. The van der Waals surface area contributed by atoms with Gasteiger partial charge in [0.15, 0.2) is 17.8 Å². The van der Waals surface area contributed by atoms with Crippen LogP contribution in [0.15, 0.2) is 10.5 Å². The number of benzene rings is 1. The quantitative estimate of drug-likeness (QED) is 0.857. The number of nitrogens with one attached hydrogen (secondary N) is 1. The van der Waals surface area contributed by atoms with Crippen LogP contribution in [-0.2, 0) is 6.42 Å². The first kappa shape index (κ1) is 11.4. The Morgan fingerprint density at radius 1 is 1.50 bits per heavy atom. The lowest BCUT2D eigenvalue weighted by Crippen LogP contribution is -2.10. The molecular formula is C11H12BrNO3. The Labute approximate surface area is 102 Å². The summed E-state index contributed by atoms with van der Waals surface area (Å²) in [4.78, 5) is 10.9. The van der Waals surface area contributed by atoms with Crippen LogP contribution in [0.2, 0.25) is 0 Å². The standard InChI is InChI=1S/C11H12BrNO3/c1-13-3-2-7-4-9(12)8(5-14)11-10(7)15-6-16-11/h4-5,13H,2-3,6H2,1H3. The lowest BCUT2D eigenvalue weighted by Gasteiger charge is -2.08. The molecule has 0 bridgehead atoms. The van der Waals surface area contributed by atoms with Crippen LogP contribution < -0.4 is 14.8 Å². The molecule has 0 aliphatic carbocycles. The maximum atomic E-state index is 10.9. The third-order valence-electron chi connectivity index (χ3n) is 2.47. The van der Waals surface area contributed by atoms with Crippen molar-refractivity contribution in [3.63, 3.8) is 0 Å². The molecule has 1 N–H and O–H groups in total. The van der Waals surface area contributed by atoms with Crippen molar-refractivity contribution in [2.75, 3.05) is 20.4 Å². The van der Waals surface area contributed by atoms with Crippen LogP contribution in [0.3, 0.4) is 0 Å². The minimum atomic E-state index is 0.180. The first-order valence-corrected chi connectivity index (χ1v) is 5.78. The summed E-state index contributed by atoms with van der Waals surface area (Å²) in [5, 5.41) is 3.07. The molecule has 0 saturated carbocycles. The molecule has 1 aliphatic rings. The molecule has 4 nitrogen and oxygen atoms in total. The van der Waals surface area contributed by atoms with Gasteiger partial charge in [-0.25, -0.2) is 0 Å². The summed E-state index contributed by atoms with van der Waals surface area (Å²) in [5.41, 5.74) is 1.56. The fraction of sp³-hybridized carbons (Fsp3) is 0.364. The predicted octanol–water partition coefficient (Wildman–Crippen LogP) is 1.75. The average Bonchev–Trinajstić information content (AvgIpc) is 2.75. The van der Waals surface area contributed by atoms with Crippen molar-refractivity contribution in [1.29, 1.82) is 0 Å². The summed E-state index contributed by atoms with van der Waals surface area (Å²) in [6, 6.07) is 1.91. The number of likely N-dealkylation sites (N-methyl/N-ethyl adjacent to an activating group) is 1. The second kappa shape index (κ2) is 4.84. The van der Waals surface area contributed by atoms with Gasteiger partial charge in [-0.3, -0.25) is 4.79 Å². The summed E-state index contributed by atoms with van der Waals surface area (Å²) < 4.78 is 11.5. The van der Waals surface area contributed by atoms with Crippen molar-refractivity contribution < 1.29 is 14.3 Å². The Morgan fingerprint density at radius 3 is 2.94 bits per heavy atom. The number of hydrogen-bond donors (Lipinski definition) is 1. The minimum absolute atomic E-state index is 0.180. The van der Waals surface area contributed by atoms with Crippen molar-refractivity contribution in [3.8, 4) is 11.5 Å². The number of halogens is 1. The third-order valence-corrected chi connectivity index (χ3v) is 3.13. The topological polar surface area (TPSA) is 47.6 Å². The van der Waals surface area contributed by atoms with Crippen molar-refractivity contribution in [3.05, 3.63) is 21.7 Å². The third kappa shape index (κ3) is 1.92. The Kier molecular flexibility index (Phi) is 3.46. The zero-order chi connectivity index (χ0) is 11.5. The van der Waals surface area contributed by atoms with Gasteiger partial charge in [0.1, 0.15) is 0 Å². The van der Waals surface area contributed by atoms with E-state index in [2.05, 4.69) is 21.2 Å². The number of carbonyl (C=O) groups is 1. The zero-order valence-electron chi connectivity index (χ0n) is 8.88. The van der Waals surface area contributed by atoms with Crippen LogP contribution in [0.5, 0.6) is 11.5 Å². The van der Waals surface area contributed by atoms with E-state index in [1.165, 1.54) is 0 Å². The van der Waals surface area contributed by atoms with Gasteiger partial charge >= 0.3 is 0 Å². The Bertz CT molecular complexity index is 420. The van der Waals surface area contributed by atoms with Crippen LogP contribution in [0, 0.1) is 0 Å². The molecule has 0 atom stereocenters. The maximum absolute atomic E-state index is 10.9. The molecule has 0 unspecified atom stereocenters. The predicted molar refractivity (Wildman–Crippen MR) is 63.3 cm³/mol. The number of aldehydes is 1. The Morgan fingerprint density at radius 2 is 2.25 bits per heavy atom. The Balaban J connectivity index is 2.44. The molecular weight excluding hydrogens is 274 g/mol. The van der Waals surface area contributed by atoms with E-state index in [4.69, 9.17) is 9.47 Å². The molecule has 0 aromatic heterocycles. The van der Waals surface area contributed by atoms with Gasteiger partial charge in [-0.15, -0.1) is 0 Å². The summed E-state index contributed by atoms with van der Waals surface area (Å²) in [7, 11) is 1.90. The fourth-order valence-electron chi connectivity index (χ4n) is 1.68. The van der Waals surface area contributed by atoms with Gasteiger partial charge in [-0.2, -0.15) is 0 Å². The number of fused-ring (bicyclic) bond motifs is 1. The summed E-state index contributed by atoms with van der Waals surface area (Å²) in [6.45, 7) is 1.03. The van der Waals surface area contributed by atoms with Crippen molar-refractivity contribution in [1.82, 2.24) is 5.32 Å². The van der Waals surface area contributed by atoms with Crippen LogP contribution in [0.1, 0.15) is 15.9 Å². The van der Waals surface area contributed by atoms with Crippen molar-refractivity contribution in [2.24, 2.45) is 0 Å². The summed E-state index contributed by atoms with van der Waals surface area (Å²) in [6.07, 6.45) is 1.61. The molecule has 1 aliphatic heterocycles. The average molecular weight is 286 g/mol. The van der Waals surface area contributed by atoms with E-state index >= 15 is 0 Å². The molecule has 0 spiro atoms. The van der Waals surface area contributed by atoms with Gasteiger partial charge in [0.05, 0.1) is 5.56 Å². The van der Waals surface area contributed by atoms with E-state index < -0.39 is 0 Å². The fourth-order valence-corrected chi connectivity index (χ4v) is 2.23. The lowest BCUT2D eigenvalue weighted by atomic mass is 10.1. The van der Waals surface area contributed by atoms with Crippen LogP contribution >= 0.6 is 15.9 Å². The number of carbonyl (C=O) groups excluding carboxylic acids is 1. The molecule has 1 aromatic rings. The van der Waals surface area contributed by atoms with Crippen molar-refractivity contribution in [2.45, 2.75) is 6.42 Å². The van der Waals surface area contributed by atoms with Gasteiger partial charge in [0, 0.05) is 10.0 Å². The van der Waals surface area contributed by atoms with E-state index in [-0.39, 0.29) is 6.79 Å². The number of rotatable bonds is 4. The SMILES string of the molecule is CNCCc1cc(Br)c(C=O)c2c1OCO2. The van der Waals surface area contributed by atoms with E-state index in [0.29, 0.717) is 17.1 Å². The van der Waals surface area contributed by atoms with Gasteiger partial charge < -0.3 is 14.8 Å². The first-order valence-electron chi connectivity index (χ1n) is 4.98. The van der Waals surface area contributed by atoms with Crippen molar-refractivity contribution >= 4 is 22.2 Å². The first-order chi connectivity index (χ1) is 7.77. The molecule has 1 heterocycles. The van der Waals surface area contributed by atoms with Crippen LogP contribution in [0.4, 0.5) is 0 Å². The maximum Gasteiger partial charge on any atom is 0.231 e. The highest BCUT2D eigenvalue weighted by molar-refractivity contribution is 9.10. The smallest absolute Gasteiger partial charge is 0.231 e. The van der Waals surface area contributed by atoms with Crippen LogP contribution in [-0.4, -0.2) is 26.7 Å². The van der Waals surface area contributed by atoms with Gasteiger partial charge in [-0.1, -0.05) is 0 Å². The lowest BCUT2D eigenvalue weighted by molar-refractivity contribution is 0.111. The van der Waals surface area contributed by atoms with E-state index in [1.54, 1.807) is 0 Å². The molecule has 0 radical (unpaired) electrons. The molecule has 86 valence electrons. The largest absolute Gasteiger partial charge is 0.453 e. The van der Waals surface area contributed by atoms with E-state index in [1.807, 2.05) is 13.1 Å². The van der Waals surface area contributed by atoms with Gasteiger partial charge in [0.2, 0.25) is 6.79 Å². The highest BCUT2D eigenvalue weighted by atomic mass is 79.9. The molecule has 0 fully saturated rings. The molecule has 0 amide bonds. The van der Waals surface area contributed by atoms with E-state index in [9.17, 15) is 4.79 Å². The second-order valence-corrected chi connectivity index (χ2v) is 4.32. The second-order valence-electron chi connectivity index (χ2n) is 3.47. The minimum Gasteiger partial charge on any atom is -0.453 e.